The number of hydrogen-bond donors (Lipinski definition) is 2. The van der Waals surface area contributed by atoms with Crippen molar-refractivity contribution in [2.24, 2.45) is 5.41 Å². The van der Waals surface area contributed by atoms with Crippen molar-refractivity contribution in [1.29, 1.82) is 0 Å². The molecule has 4 nitrogen and oxygen atoms in total. The lowest BCUT2D eigenvalue weighted by atomic mass is 9.89. The molecule has 1 atom stereocenters. The van der Waals surface area contributed by atoms with E-state index in [1.807, 2.05) is 33.1 Å². The van der Waals surface area contributed by atoms with Crippen molar-refractivity contribution >= 4 is 21.4 Å². The smallest absolute Gasteiger partial charge is 0.250 e. The first-order valence-corrected chi connectivity index (χ1v) is 9.33. The average molecular weight is 319 g/mol. The summed E-state index contributed by atoms with van der Waals surface area (Å²) in [5, 5.41) is 5.17. The van der Waals surface area contributed by atoms with Gasteiger partial charge in [-0.2, -0.15) is 0 Å². The van der Waals surface area contributed by atoms with Crippen LogP contribution < -0.4 is 10.0 Å². The number of hydrogen-bond acceptors (Lipinski definition) is 4. The fraction of sp³-hybridized carbons (Fsp3) is 0.714. The number of sulfonamides is 1. The van der Waals surface area contributed by atoms with Crippen molar-refractivity contribution < 1.29 is 8.42 Å². The predicted molar refractivity (Wildman–Crippen MR) is 85.6 cm³/mol. The average Bonchev–Trinajstić information content (AvgIpc) is 2.77. The van der Waals surface area contributed by atoms with Gasteiger partial charge in [-0.15, -0.1) is 11.3 Å². The van der Waals surface area contributed by atoms with Crippen LogP contribution in [-0.4, -0.2) is 21.0 Å². The Kier molecular flexibility index (Phi) is 6.19. The maximum absolute atomic E-state index is 12.3. The SMILES string of the molecule is CCCNCc1csc(S(=O)(=O)NC(C)C(C)(C)C)c1. The summed E-state index contributed by atoms with van der Waals surface area (Å²) in [6.45, 7) is 11.7. The van der Waals surface area contributed by atoms with Gasteiger partial charge >= 0.3 is 0 Å². The molecule has 2 N–H and O–H groups in total. The Morgan fingerprint density at radius 1 is 1.35 bits per heavy atom. The van der Waals surface area contributed by atoms with Gasteiger partial charge in [0.1, 0.15) is 4.21 Å². The lowest BCUT2D eigenvalue weighted by Gasteiger charge is -2.27. The summed E-state index contributed by atoms with van der Waals surface area (Å²) in [6, 6.07) is 1.64. The molecule has 0 saturated heterocycles. The third kappa shape index (κ3) is 5.16. The van der Waals surface area contributed by atoms with Gasteiger partial charge in [-0.25, -0.2) is 13.1 Å². The summed E-state index contributed by atoms with van der Waals surface area (Å²) in [4.78, 5) is 0. The Balaban J connectivity index is 2.73. The van der Waals surface area contributed by atoms with E-state index in [1.165, 1.54) is 11.3 Å². The number of nitrogens with one attached hydrogen (secondary N) is 2. The molecule has 1 aromatic heterocycles. The van der Waals surface area contributed by atoms with Crippen LogP contribution in [0.15, 0.2) is 15.7 Å². The van der Waals surface area contributed by atoms with E-state index in [0.29, 0.717) is 10.8 Å². The molecule has 116 valence electrons. The van der Waals surface area contributed by atoms with Crippen molar-refractivity contribution in [1.82, 2.24) is 10.0 Å². The Hall–Kier alpha value is -0.430. The van der Waals surface area contributed by atoms with E-state index in [0.717, 1.165) is 18.5 Å². The molecular weight excluding hydrogens is 292 g/mol. The molecule has 0 aliphatic carbocycles. The van der Waals surface area contributed by atoms with Gasteiger partial charge in [0.05, 0.1) is 0 Å². The lowest BCUT2D eigenvalue weighted by Crippen LogP contribution is -2.41. The van der Waals surface area contributed by atoms with Gasteiger partial charge < -0.3 is 5.32 Å². The molecule has 0 aliphatic heterocycles. The standard InChI is InChI=1S/C14H26N2O2S2/c1-6-7-15-9-12-8-13(19-10-12)20(17,18)16-11(2)14(3,4)5/h8,10-11,15-16H,6-7,9H2,1-5H3. The molecule has 0 bridgehead atoms. The predicted octanol–water partition coefficient (Wildman–Crippen LogP) is 2.96. The second kappa shape index (κ2) is 7.02. The molecule has 1 aromatic rings. The summed E-state index contributed by atoms with van der Waals surface area (Å²) in [6.07, 6.45) is 1.07. The van der Waals surface area contributed by atoms with Gasteiger partial charge in [-0.05, 0) is 42.3 Å². The molecule has 20 heavy (non-hydrogen) atoms. The first-order valence-electron chi connectivity index (χ1n) is 6.97. The van der Waals surface area contributed by atoms with Gasteiger partial charge in [0.15, 0.2) is 0 Å². The van der Waals surface area contributed by atoms with Gasteiger partial charge in [0.2, 0.25) is 10.0 Å². The van der Waals surface area contributed by atoms with Crippen LogP contribution in [0.25, 0.3) is 0 Å². The van der Waals surface area contributed by atoms with Crippen molar-refractivity contribution in [3.05, 3.63) is 17.0 Å². The van der Waals surface area contributed by atoms with Crippen LogP contribution in [-0.2, 0) is 16.6 Å². The summed E-state index contributed by atoms with van der Waals surface area (Å²) in [5.41, 5.74) is 0.919. The molecular formula is C14H26N2O2S2. The van der Waals surface area contributed by atoms with Crippen molar-refractivity contribution in [3.63, 3.8) is 0 Å². The first-order chi connectivity index (χ1) is 9.16. The summed E-state index contributed by atoms with van der Waals surface area (Å²) in [5.74, 6) is 0. The molecule has 0 aliphatic rings. The second-order valence-electron chi connectivity index (χ2n) is 6.16. The van der Waals surface area contributed by atoms with Crippen molar-refractivity contribution in [2.45, 2.75) is 57.8 Å². The zero-order valence-electron chi connectivity index (χ0n) is 13.0. The maximum atomic E-state index is 12.3. The van der Waals surface area contributed by atoms with Crippen molar-refractivity contribution in [3.8, 4) is 0 Å². The Morgan fingerprint density at radius 3 is 2.55 bits per heavy atom. The van der Waals surface area contributed by atoms with Gasteiger partial charge in [-0.3, -0.25) is 0 Å². The quantitative estimate of drug-likeness (QED) is 0.760. The van der Waals surface area contributed by atoms with Crippen LogP contribution >= 0.6 is 11.3 Å². The molecule has 0 radical (unpaired) electrons. The van der Waals surface area contributed by atoms with E-state index in [1.54, 1.807) is 6.07 Å². The van der Waals surface area contributed by atoms with Crippen molar-refractivity contribution in [2.75, 3.05) is 6.54 Å². The minimum Gasteiger partial charge on any atom is -0.313 e. The van der Waals surface area contributed by atoms with E-state index in [4.69, 9.17) is 0 Å². The monoisotopic (exact) mass is 318 g/mol. The van der Waals surface area contributed by atoms with Gasteiger partial charge in [0.25, 0.3) is 0 Å². The fourth-order valence-electron chi connectivity index (χ4n) is 1.46. The first kappa shape index (κ1) is 17.6. The Bertz CT molecular complexity index is 516. The molecule has 1 rings (SSSR count). The van der Waals surface area contributed by atoms with E-state index in [-0.39, 0.29) is 11.5 Å². The van der Waals surface area contributed by atoms with Crippen LogP contribution in [0.3, 0.4) is 0 Å². The van der Waals surface area contributed by atoms with E-state index in [9.17, 15) is 8.42 Å². The van der Waals surface area contributed by atoms with Crippen LogP contribution in [0.1, 0.15) is 46.6 Å². The van der Waals surface area contributed by atoms with E-state index < -0.39 is 10.0 Å². The maximum Gasteiger partial charge on any atom is 0.250 e. The van der Waals surface area contributed by atoms with E-state index in [2.05, 4.69) is 17.0 Å². The summed E-state index contributed by atoms with van der Waals surface area (Å²) < 4.78 is 27.8. The third-order valence-corrected chi connectivity index (χ3v) is 6.31. The highest BCUT2D eigenvalue weighted by molar-refractivity contribution is 7.91. The second-order valence-corrected chi connectivity index (χ2v) is 9.01. The number of rotatable bonds is 7. The minimum absolute atomic E-state index is 0.101. The zero-order chi connectivity index (χ0) is 15.4. The van der Waals surface area contributed by atoms with E-state index >= 15 is 0 Å². The Labute approximate surface area is 127 Å². The Morgan fingerprint density at radius 2 is 2.00 bits per heavy atom. The van der Waals surface area contributed by atoms with Crippen LogP contribution in [0.5, 0.6) is 0 Å². The number of thiophene rings is 1. The topological polar surface area (TPSA) is 58.2 Å². The summed E-state index contributed by atoms with van der Waals surface area (Å²) >= 11 is 1.28. The fourth-order valence-corrected chi connectivity index (χ4v) is 4.14. The molecule has 0 amide bonds. The minimum atomic E-state index is -3.41. The highest BCUT2D eigenvalue weighted by Gasteiger charge is 2.26. The highest BCUT2D eigenvalue weighted by Crippen LogP contribution is 2.24. The molecule has 0 spiro atoms. The zero-order valence-corrected chi connectivity index (χ0v) is 14.6. The molecule has 1 heterocycles. The lowest BCUT2D eigenvalue weighted by molar-refractivity contribution is 0.318. The van der Waals surface area contributed by atoms with Gasteiger partial charge in [0, 0.05) is 12.6 Å². The summed E-state index contributed by atoms with van der Waals surface area (Å²) in [7, 11) is -3.41. The molecule has 0 saturated carbocycles. The van der Waals surface area contributed by atoms with Crippen LogP contribution in [0.4, 0.5) is 0 Å². The normalized spacial score (nSPS) is 14.4. The molecule has 6 heteroatoms. The highest BCUT2D eigenvalue weighted by atomic mass is 32.2. The largest absolute Gasteiger partial charge is 0.313 e. The van der Waals surface area contributed by atoms with Crippen LogP contribution in [0.2, 0.25) is 0 Å². The molecule has 0 aromatic carbocycles. The molecule has 1 unspecified atom stereocenters. The third-order valence-electron chi connectivity index (χ3n) is 3.28. The van der Waals surface area contributed by atoms with Gasteiger partial charge in [-0.1, -0.05) is 27.7 Å². The van der Waals surface area contributed by atoms with Crippen LogP contribution in [0, 0.1) is 5.41 Å². The molecule has 0 fully saturated rings.